The Labute approximate surface area is 152 Å². The van der Waals surface area contributed by atoms with Crippen LogP contribution >= 0.6 is 11.3 Å². The highest BCUT2D eigenvalue weighted by atomic mass is 32.1. The van der Waals surface area contributed by atoms with Gasteiger partial charge in [0, 0.05) is 24.2 Å². The van der Waals surface area contributed by atoms with Gasteiger partial charge in [0.15, 0.2) is 0 Å². The topological polar surface area (TPSA) is 41.9 Å². The van der Waals surface area contributed by atoms with Crippen LogP contribution in [0.4, 0.5) is 5.82 Å². The Morgan fingerprint density at radius 1 is 1.08 bits per heavy atom. The first-order valence-electron chi connectivity index (χ1n) is 9.55. The maximum Gasteiger partial charge on any atom is 0.150 e. The number of pyridine rings is 1. The third kappa shape index (κ3) is 2.43. The highest BCUT2D eigenvalue weighted by Gasteiger charge is 2.26. The van der Waals surface area contributed by atoms with E-state index in [9.17, 15) is 0 Å². The Morgan fingerprint density at radius 2 is 1.88 bits per heavy atom. The number of aromatic nitrogens is 3. The van der Waals surface area contributed by atoms with Gasteiger partial charge in [-0.15, -0.1) is 11.3 Å². The van der Waals surface area contributed by atoms with E-state index in [4.69, 9.17) is 9.97 Å². The van der Waals surface area contributed by atoms with Crippen LogP contribution in [0.25, 0.3) is 20.4 Å². The van der Waals surface area contributed by atoms with Gasteiger partial charge in [-0.2, -0.15) is 0 Å². The molecule has 1 aliphatic heterocycles. The van der Waals surface area contributed by atoms with E-state index in [2.05, 4.69) is 23.7 Å². The van der Waals surface area contributed by atoms with Crippen molar-refractivity contribution < 1.29 is 0 Å². The van der Waals surface area contributed by atoms with Crippen LogP contribution < -0.4 is 4.90 Å². The van der Waals surface area contributed by atoms with Crippen molar-refractivity contribution in [3.8, 4) is 0 Å². The lowest BCUT2D eigenvalue weighted by molar-refractivity contribution is 0.632. The Balaban J connectivity index is 1.78. The minimum Gasteiger partial charge on any atom is -0.355 e. The molecule has 3 aromatic heterocycles. The molecule has 0 saturated carbocycles. The molecule has 25 heavy (non-hydrogen) atoms. The number of anilines is 1. The standard InChI is InChI=1S/C20H24N4S/c1-12(2)10-15-13-6-5-7-14(13)16-17-18(25-20(16)23-15)19(22-11-21-17)24-8-3-4-9-24/h11-12H,3-10H2,1-2H3. The van der Waals surface area contributed by atoms with E-state index < -0.39 is 0 Å². The number of hydrogen-bond acceptors (Lipinski definition) is 5. The van der Waals surface area contributed by atoms with Crippen molar-refractivity contribution in [2.24, 2.45) is 5.92 Å². The van der Waals surface area contributed by atoms with E-state index in [1.165, 1.54) is 63.8 Å². The molecule has 3 aromatic rings. The summed E-state index contributed by atoms with van der Waals surface area (Å²) >= 11 is 1.80. The van der Waals surface area contributed by atoms with Gasteiger partial charge in [0.2, 0.25) is 0 Å². The fourth-order valence-electron chi connectivity index (χ4n) is 4.47. The third-order valence-electron chi connectivity index (χ3n) is 5.55. The molecule has 1 aliphatic carbocycles. The number of hydrogen-bond donors (Lipinski definition) is 0. The molecule has 0 N–H and O–H groups in total. The molecular weight excluding hydrogens is 328 g/mol. The largest absolute Gasteiger partial charge is 0.355 e. The minimum absolute atomic E-state index is 0.643. The summed E-state index contributed by atoms with van der Waals surface area (Å²) in [5.74, 6) is 1.77. The normalized spacial score (nSPS) is 17.3. The van der Waals surface area contributed by atoms with Crippen LogP contribution in [0.1, 0.15) is 49.9 Å². The number of aryl methyl sites for hydroxylation is 1. The maximum atomic E-state index is 5.12. The van der Waals surface area contributed by atoms with Crippen LogP contribution in [0.15, 0.2) is 6.33 Å². The van der Waals surface area contributed by atoms with Crippen molar-refractivity contribution in [1.82, 2.24) is 15.0 Å². The van der Waals surface area contributed by atoms with Crippen molar-refractivity contribution in [3.63, 3.8) is 0 Å². The molecule has 0 amide bonds. The van der Waals surface area contributed by atoms with Crippen molar-refractivity contribution in [2.75, 3.05) is 18.0 Å². The second-order valence-corrected chi connectivity index (χ2v) is 8.82. The fraction of sp³-hybridized carbons (Fsp3) is 0.550. The molecule has 4 nitrogen and oxygen atoms in total. The van der Waals surface area contributed by atoms with E-state index in [1.54, 1.807) is 17.7 Å². The second kappa shape index (κ2) is 5.90. The van der Waals surface area contributed by atoms with Gasteiger partial charge in [-0.05, 0) is 55.6 Å². The van der Waals surface area contributed by atoms with Gasteiger partial charge < -0.3 is 4.90 Å². The molecule has 0 bridgehead atoms. The molecule has 0 atom stereocenters. The molecule has 4 heterocycles. The third-order valence-corrected chi connectivity index (χ3v) is 6.61. The average molecular weight is 353 g/mol. The first kappa shape index (κ1) is 15.5. The van der Waals surface area contributed by atoms with E-state index in [0.29, 0.717) is 5.92 Å². The van der Waals surface area contributed by atoms with Gasteiger partial charge in [0.25, 0.3) is 0 Å². The van der Waals surface area contributed by atoms with Gasteiger partial charge in [0.1, 0.15) is 17.0 Å². The molecule has 1 fully saturated rings. The van der Waals surface area contributed by atoms with E-state index in [-0.39, 0.29) is 0 Å². The summed E-state index contributed by atoms with van der Waals surface area (Å²) in [5, 5.41) is 1.32. The molecular formula is C20H24N4S. The van der Waals surface area contributed by atoms with Gasteiger partial charge in [-0.1, -0.05) is 13.8 Å². The van der Waals surface area contributed by atoms with Crippen LogP contribution in [0.2, 0.25) is 0 Å². The van der Waals surface area contributed by atoms with E-state index in [1.807, 2.05) is 0 Å². The Hall–Kier alpha value is -1.75. The second-order valence-electron chi connectivity index (χ2n) is 7.82. The van der Waals surface area contributed by atoms with Crippen LogP contribution in [-0.2, 0) is 19.3 Å². The summed E-state index contributed by atoms with van der Waals surface area (Å²) in [6.45, 7) is 6.80. The molecule has 0 radical (unpaired) electrons. The van der Waals surface area contributed by atoms with Crippen LogP contribution in [-0.4, -0.2) is 28.0 Å². The molecule has 130 valence electrons. The minimum atomic E-state index is 0.643. The highest BCUT2D eigenvalue weighted by molar-refractivity contribution is 7.26. The van der Waals surface area contributed by atoms with Gasteiger partial charge in [-0.3, -0.25) is 0 Å². The number of rotatable bonds is 3. The van der Waals surface area contributed by atoms with E-state index in [0.717, 1.165) is 30.8 Å². The van der Waals surface area contributed by atoms with Crippen molar-refractivity contribution >= 4 is 37.6 Å². The Morgan fingerprint density at radius 3 is 2.68 bits per heavy atom. The maximum absolute atomic E-state index is 5.12. The molecule has 2 aliphatic rings. The molecule has 1 saturated heterocycles. The first-order chi connectivity index (χ1) is 12.2. The highest BCUT2D eigenvalue weighted by Crippen LogP contribution is 2.42. The molecule has 0 unspecified atom stereocenters. The van der Waals surface area contributed by atoms with Gasteiger partial charge >= 0.3 is 0 Å². The predicted octanol–water partition coefficient (Wildman–Crippen LogP) is 4.53. The Kier molecular flexibility index (Phi) is 3.66. The summed E-state index contributed by atoms with van der Waals surface area (Å²) in [6, 6.07) is 0. The monoisotopic (exact) mass is 352 g/mol. The summed E-state index contributed by atoms with van der Waals surface area (Å²) in [6.07, 6.45) is 8.98. The van der Waals surface area contributed by atoms with Crippen molar-refractivity contribution in [1.29, 1.82) is 0 Å². The van der Waals surface area contributed by atoms with Gasteiger partial charge in [0.05, 0.1) is 10.2 Å². The number of nitrogens with zero attached hydrogens (tertiary/aromatic N) is 4. The smallest absolute Gasteiger partial charge is 0.150 e. The van der Waals surface area contributed by atoms with Crippen LogP contribution in [0.5, 0.6) is 0 Å². The quantitative estimate of drug-likeness (QED) is 0.695. The summed E-state index contributed by atoms with van der Waals surface area (Å²) in [4.78, 5) is 18.1. The number of thiophene rings is 1. The zero-order valence-electron chi connectivity index (χ0n) is 15.0. The summed E-state index contributed by atoms with van der Waals surface area (Å²) in [7, 11) is 0. The first-order valence-corrected chi connectivity index (χ1v) is 10.4. The molecule has 5 rings (SSSR count). The average Bonchev–Trinajstić information content (AvgIpc) is 3.32. The molecule has 5 heteroatoms. The zero-order valence-corrected chi connectivity index (χ0v) is 15.8. The van der Waals surface area contributed by atoms with Gasteiger partial charge in [-0.25, -0.2) is 15.0 Å². The lowest BCUT2D eigenvalue weighted by Gasteiger charge is -2.16. The van der Waals surface area contributed by atoms with E-state index >= 15 is 0 Å². The zero-order chi connectivity index (χ0) is 17.0. The van der Waals surface area contributed by atoms with Crippen LogP contribution in [0, 0.1) is 5.92 Å². The van der Waals surface area contributed by atoms with Crippen LogP contribution in [0.3, 0.4) is 0 Å². The lowest BCUT2D eigenvalue weighted by Crippen LogP contribution is -2.18. The van der Waals surface area contributed by atoms with Crippen molar-refractivity contribution in [3.05, 3.63) is 23.1 Å². The lowest BCUT2D eigenvalue weighted by atomic mass is 9.99. The predicted molar refractivity (Wildman–Crippen MR) is 105 cm³/mol. The SMILES string of the molecule is CC(C)Cc1nc2sc3c(N4CCCC4)ncnc3c2c2c1CCC2. The summed E-state index contributed by atoms with van der Waals surface area (Å²) in [5.41, 5.74) is 5.51. The summed E-state index contributed by atoms with van der Waals surface area (Å²) < 4.78 is 1.24. The molecule has 0 spiro atoms. The number of fused-ring (bicyclic) bond motifs is 5. The molecule has 0 aromatic carbocycles. The Bertz CT molecular complexity index is 953. The van der Waals surface area contributed by atoms with Crippen molar-refractivity contribution in [2.45, 2.75) is 52.4 Å². The fourth-order valence-corrected chi connectivity index (χ4v) is 5.67.